The summed E-state index contributed by atoms with van der Waals surface area (Å²) in [6, 6.07) is -13.1. The number of rotatable bonds is 35. The van der Waals surface area contributed by atoms with Gasteiger partial charge in [0, 0.05) is 36.9 Å². The molecule has 0 fully saturated rings. The number of primary amides is 1. The summed E-state index contributed by atoms with van der Waals surface area (Å²) in [6.07, 6.45) is -0.644. The van der Waals surface area contributed by atoms with Gasteiger partial charge in [-0.05, 0) is 55.8 Å². The number of aromatic nitrogens is 2. The van der Waals surface area contributed by atoms with E-state index in [4.69, 9.17) is 11.5 Å². The number of nitrogens with zero attached hydrogens (tertiary/aromatic N) is 1. The van der Waals surface area contributed by atoms with E-state index in [1.165, 1.54) is 12.5 Å². The van der Waals surface area contributed by atoms with Gasteiger partial charge in [-0.15, -0.1) is 0 Å². The fourth-order valence-corrected chi connectivity index (χ4v) is 7.33. The molecule has 1 heterocycles. The zero-order valence-electron chi connectivity index (χ0n) is 43.0. The largest absolute Gasteiger partial charge is 0.481 e. The number of hydrogen-bond acceptors (Lipinski definition) is 15. The third-order valence-electron chi connectivity index (χ3n) is 11.1. The monoisotopic (exact) mass is 1070 g/mol. The molecule has 1 rings (SSSR count). The molecule has 0 bridgehead atoms. The molecule has 74 heavy (non-hydrogen) atoms. The van der Waals surface area contributed by atoms with Crippen molar-refractivity contribution in [1.82, 2.24) is 52.5 Å². The second-order valence-corrected chi connectivity index (χ2v) is 19.9. The van der Waals surface area contributed by atoms with Gasteiger partial charge in [0.15, 0.2) is 0 Å². The van der Waals surface area contributed by atoms with E-state index >= 15 is 0 Å². The van der Waals surface area contributed by atoms with Crippen LogP contribution in [0.15, 0.2) is 12.5 Å². The number of amides is 9. The molecule has 416 valence electrons. The van der Waals surface area contributed by atoms with Crippen LogP contribution < -0.4 is 54.0 Å². The Kier molecular flexibility index (Phi) is 28.5. The summed E-state index contributed by atoms with van der Waals surface area (Å²) in [5, 5.41) is 48.2. The molecule has 0 saturated carbocycles. The Morgan fingerprint density at radius 1 is 0.527 bits per heavy atom. The molecule has 0 radical (unpaired) electrons. The smallest absolute Gasteiger partial charge is 0.326 e. The maximum atomic E-state index is 14.1. The summed E-state index contributed by atoms with van der Waals surface area (Å²) in [7, 11) is 0. The van der Waals surface area contributed by atoms with Crippen LogP contribution in [0, 0.1) is 23.7 Å². The fourth-order valence-electron chi connectivity index (χ4n) is 7.07. The molecule has 0 unspecified atom stereocenters. The Morgan fingerprint density at radius 2 is 0.905 bits per heavy atom. The number of H-pyrrole nitrogens is 1. The first-order valence-electron chi connectivity index (χ1n) is 24.2. The lowest BCUT2D eigenvalue weighted by atomic mass is 9.99. The van der Waals surface area contributed by atoms with Crippen molar-refractivity contribution in [2.45, 2.75) is 168 Å². The lowest BCUT2D eigenvalue weighted by Gasteiger charge is -2.28. The average molecular weight is 1070 g/mol. The average Bonchev–Trinajstić information content (AvgIpc) is 3.81. The molecule has 16 N–H and O–H groups in total. The molecule has 0 spiro atoms. The summed E-state index contributed by atoms with van der Waals surface area (Å²) in [5.41, 5.74) is 11.5. The zero-order chi connectivity index (χ0) is 56.6. The summed E-state index contributed by atoms with van der Waals surface area (Å²) in [5.74, 6) is -14.1. The van der Waals surface area contributed by atoms with Gasteiger partial charge in [0.25, 0.3) is 0 Å². The minimum atomic E-state index is -1.70. The van der Waals surface area contributed by atoms with Crippen molar-refractivity contribution in [2.75, 3.05) is 5.75 Å². The van der Waals surface area contributed by atoms with Crippen LogP contribution >= 0.6 is 12.6 Å². The predicted molar refractivity (Wildman–Crippen MR) is 268 cm³/mol. The van der Waals surface area contributed by atoms with Crippen LogP contribution in [0.3, 0.4) is 0 Å². The summed E-state index contributed by atoms with van der Waals surface area (Å²) >= 11 is 4.24. The van der Waals surface area contributed by atoms with Crippen LogP contribution in [0.5, 0.6) is 0 Å². The Bertz CT molecular complexity index is 2110. The van der Waals surface area contributed by atoms with Crippen LogP contribution in [0.4, 0.5) is 0 Å². The number of imidazole rings is 1. The molecule has 9 amide bonds. The highest BCUT2D eigenvalue weighted by atomic mass is 32.1. The van der Waals surface area contributed by atoms with Crippen LogP contribution in [0.2, 0.25) is 0 Å². The number of aliphatic carboxylic acids is 3. The molecule has 0 aliphatic rings. The standard InChI is InChI=1S/C46H76N12O15S/c1-21(2)13-28(54-43(69)31(17-36(62)63)56-45(71)37(48)24(7)8)40(66)53-29(14-22(3)4)41(67)58-33(19-74)44(70)55-30(16-25-18-49-20-50-25)42(68)52-27(10-12-35(60)61)38(64)51-26(9-11-34(47)59)39(65)57-32(46(72)73)15-23(5)6/h18,20-24,26-33,37,74H,9-17,19,48H2,1-8H3,(H2,47,59)(H,49,50)(H,51,64)(H,52,68)(H,53,66)(H,54,69)(H,55,70)(H,56,71)(H,57,65)(H,58,67)(H,60,61)(H,62,63)(H,72,73)/t26-,27-,28-,29-,30-,31-,32-,33-,37-/m0/s1. The van der Waals surface area contributed by atoms with E-state index in [2.05, 4.69) is 65.1 Å². The molecule has 9 atom stereocenters. The molecule has 0 aliphatic heterocycles. The number of carboxylic acids is 3. The van der Waals surface area contributed by atoms with E-state index in [0.29, 0.717) is 5.69 Å². The molecular formula is C46H76N12O15S. The number of nitrogens with two attached hydrogens (primary N) is 2. The second kappa shape index (κ2) is 32.4. The first-order valence-corrected chi connectivity index (χ1v) is 24.8. The third kappa shape index (κ3) is 24.7. The minimum absolute atomic E-state index is 0.000597. The number of aromatic amines is 1. The van der Waals surface area contributed by atoms with E-state index in [0.717, 1.165) is 0 Å². The SMILES string of the molecule is CC(C)C[C@H](NC(=O)[C@H](CCC(N)=O)NC(=O)[C@H](CCC(=O)O)NC(=O)[C@H](Cc1cnc[nH]1)NC(=O)[C@H](CS)NC(=O)[C@H](CC(C)C)NC(=O)[C@H](CC(C)C)NC(=O)[C@H](CC(=O)O)NC(=O)[C@@H](N)C(C)C)C(=O)O. The number of carbonyl (C=O) groups is 12. The van der Waals surface area contributed by atoms with Gasteiger partial charge in [0.05, 0.1) is 18.8 Å². The minimum Gasteiger partial charge on any atom is -0.481 e. The van der Waals surface area contributed by atoms with Crippen LogP contribution in [-0.4, -0.2) is 156 Å². The van der Waals surface area contributed by atoms with Crippen LogP contribution in [-0.2, 0) is 64.0 Å². The molecule has 0 saturated heterocycles. The number of hydrogen-bond donors (Lipinski definition) is 15. The molecular weight excluding hydrogens is 993 g/mol. The molecule has 0 aromatic carbocycles. The quantitative estimate of drug-likeness (QED) is 0.0314. The van der Waals surface area contributed by atoms with Crippen molar-refractivity contribution in [3.8, 4) is 0 Å². The summed E-state index contributed by atoms with van der Waals surface area (Å²) in [4.78, 5) is 163. The number of nitrogens with one attached hydrogen (secondary N) is 9. The number of carboxylic acid groups (broad SMARTS) is 3. The molecule has 28 heteroatoms. The summed E-state index contributed by atoms with van der Waals surface area (Å²) < 4.78 is 0. The van der Waals surface area contributed by atoms with Crippen molar-refractivity contribution in [3.05, 3.63) is 18.2 Å². The third-order valence-corrected chi connectivity index (χ3v) is 11.4. The normalized spacial score (nSPS) is 14.9. The van der Waals surface area contributed by atoms with E-state index in [9.17, 15) is 72.9 Å². The van der Waals surface area contributed by atoms with E-state index in [-0.39, 0.29) is 55.1 Å². The van der Waals surface area contributed by atoms with Gasteiger partial charge in [0.1, 0.15) is 48.3 Å². The van der Waals surface area contributed by atoms with E-state index in [1.54, 1.807) is 55.4 Å². The van der Waals surface area contributed by atoms with Gasteiger partial charge in [-0.25, -0.2) is 9.78 Å². The Balaban J connectivity index is 3.49. The molecule has 27 nitrogen and oxygen atoms in total. The van der Waals surface area contributed by atoms with Gasteiger partial charge in [-0.3, -0.25) is 52.7 Å². The van der Waals surface area contributed by atoms with Gasteiger partial charge in [0.2, 0.25) is 53.2 Å². The maximum Gasteiger partial charge on any atom is 0.326 e. The predicted octanol–water partition coefficient (Wildman–Crippen LogP) is -2.43. The van der Waals surface area contributed by atoms with Crippen LogP contribution in [0.25, 0.3) is 0 Å². The van der Waals surface area contributed by atoms with Crippen molar-refractivity contribution < 1.29 is 72.9 Å². The van der Waals surface area contributed by atoms with Crippen molar-refractivity contribution >= 4 is 83.7 Å². The Hall–Kier alpha value is -6.84. The molecule has 1 aromatic rings. The van der Waals surface area contributed by atoms with E-state index < -0.39 is 158 Å². The van der Waals surface area contributed by atoms with Crippen molar-refractivity contribution in [2.24, 2.45) is 35.1 Å². The lowest BCUT2D eigenvalue weighted by molar-refractivity contribution is -0.143. The van der Waals surface area contributed by atoms with Gasteiger partial charge in [-0.1, -0.05) is 55.4 Å². The van der Waals surface area contributed by atoms with Crippen molar-refractivity contribution in [1.29, 1.82) is 0 Å². The molecule has 1 aromatic heterocycles. The summed E-state index contributed by atoms with van der Waals surface area (Å²) in [6.45, 7) is 13.7. The van der Waals surface area contributed by atoms with E-state index in [1.807, 2.05) is 0 Å². The highest BCUT2D eigenvalue weighted by Crippen LogP contribution is 2.13. The van der Waals surface area contributed by atoms with Gasteiger partial charge in [-0.2, -0.15) is 12.6 Å². The number of carbonyl (C=O) groups excluding carboxylic acids is 9. The highest BCUT2D eigenvalue weighted by molar-refractivity contribution is 7.80. The maximum absolute atomic E-state index is 14.1. The fraction of sp³-hybridized carbons (Fsp3) is 0.674. The first kappa shape index (κ1) is 65.2. The topological polar surface area (TPSA) is 442 Å². The first-order chi connectivity index (χ1) is 34.4. The van der Waals surface area contributed by atoms with Crippen LogP contribution in [0.1, 0.15) is 112 Å². The van der Waals surface area contributed by atoms with Gasteiger partial charge < -0.3 is 74.3 Å². The Morgan fingerprint density at radius 3 is 1.31 bits per heavy atom. The molecule has 0 aliphatic carbocycles. The second-order valence-electron chi connectivity index (χ2n) is 19.5. The highest BCUT2D eigenvalue weighted by Gasteiger charge is 2.36. The van der Waals surface area contributed by atoms with Crippen molar-refractivity contribution in [3.63, 3.8) is 0 Å². The Labute approximate surface area is 434 Å². The van der Waals surface area contributed by atoms with Gasteiger partial charge >= 0.3 is 17.9 Å². The number of thiol groups is 1. The lowest BCUT2D eigenvalue weighted by Crippen LogP contribution is -2.61. The zero-order valence-corrected chi connectivity index (χ0v) is 43.9.